The predicted octanol–water partition coefficient (Wildman–Crippen LogP) is 4.00. The van der Waals surface area contributed by atoms with Gasteiger partial charge in [0.05, 0.1) is 5.69 Å². The summed E-state index contributed by atoms with van der Waals surface area (Å²) in [4.78, 5) is 4.38. The molecule has 5 heteroatoms. The third kappa shape index (κ3) is 2.84. The van der Waals surface area contributed by atoms with Crippen LogP contribution in [0.15, 0.2) is 39.7 Å². The van der Waals surface area contributed by atoms with Gasteiger partial charge in [0.1, 0.15) is 22.7 Å². The smallest absolute Gasteiger partial charge is 0.131 e. The topological polar surface area (TPSA) is 60.5 Å². The number of allylic oxidation sites excluding steroid dienone is 1. The number of hydrogen-bond donors (Lipinski definition) is 0. The highest BCUT2D eigenvalue weighted by molar-refractivity contribution is 9.10. The molecule has 0 amide bonds. The number of nitriles is 2. The minimum absolute atomic E-state index is 0.0566. The number of hydrogen-bond acceptors (Lipinski definition) is 4. The van der Waals surface area contributed by atoms with E-state index in [0.717, 1.165) is 15.0 Å². The Labute approximate surface area is 117 Å². The van der Waals surface area contributed by atoms with E-state index in [9.17, 15) is 0 Å². The fourth-order valence-corrected chi connectivity index (χ4v) is 2.52. The molecule has 0 saturated carbocycles. The molecule has 3 nitrogen and oxygen atoms in total. The summed E-state index contributed by atoms with van der Waals surface area (Å²) in [6, 6.07) is 11.5. The van der Waals surface area contributed by atoms with Crippen LogP contribution in [0.25, 0.3) is 16.6 Å². The van der Waals surface area contributed by atoms with Gasteiger partial charge in [0.2, 0.25) is 0 Å². The van der Waals surface area contributed by atoms with Gasteiger partial charge in [-0.2, -0.15) is 10.5 Å². The van der Waals surface area contributed by atoms with Gasteiger partial charge in [-0.25, -0.2) is 4.98 Å². The molecule has 0 fully saturated rings. The molecular formula is C13H6BrN3S. The van der Waals surface area contributed by atoms with E-state index in [1.165, 1.54) is 17.4 Å². The first-order valence-corrected chi connectivity index (χ1v) is 6.63. The van der Waals surface area contributed by atoms with E-state index in [-0.39, 0.29) is 5.57 Å². The van der Waals surface area contributed by atoms with Crippen molar-refractivity contribution in [3.8, 4) is 22.7 Å². The summed E-state index contributed by atoms with van der Waals surface area (Å²) in [7, 11) is 0. The third-order valence-electron chi connectivity index (χ3n) is 2.13. The van der Waals surface area contributed by atoms with Crippen molar-refractivity contribution in [3.63, 3.8) is 0 Å². The molecule has 0 spiro atoms. The van der Waals surface area contributed by atoms with E-state index >= 15 is 0 Å². The molecule has 0 saturated heterocycles. The molecule has 0 atom stereocenters. The maximum atomic E-state index is 8.68. The fourth-order valence-electron chi connectivity index (χ4n) is 1.34. The maximum Gasteiger partial charge on any atom is 0.131 e. The first kappa shape index (κ1) is 12.5. The Morgan fingerprint density at radius 2 is 2.11 bits per heavy atom. The molecule has 0 unspecified atom stereocenters. The Morgan fingerprint density at radius 1 is 1.33 bits per heavy atom. The van der Waals surface area contributed by atoms with Crippen LogP contribution < -0.4 is 0 Å². The second-order valence-electron chi connectivity index (χ2n) is 3.37. The number of rotatable bonds is 2. The minimum atomic E-state index is 0.0566. The second kappa shape index (κ2) is 5.59. The third-order valence-corrected chi connectivity index (χ3v) is 3.53. The van der Waals surface area contributed by atoms with Crippen LogP contribution in [0.5, 0.6) is 0 Å². The lowest BCUT2D eigenvalue weighted by Crippen LogP contribution is -1.79. The summed E-state index contributed by atoms with van der Waals surface area (Å²) in [6.07, 6.45) is 1.48. The molecule has 0 aliphatic heterocycles. The van der Waals surface area contributed by atoms with Crippen LogP contribution in [0.3, 0.4) is 0 Å². The van der Waals surface area contributed by atoms with Gasteiger partial charge in [-0.1, -0.05) is 28.1 Å². The summed E-state index contributed by atoms with van der Waals surface area (Å²) in [5.41, 5.74) is 1.69. The van der Waals surface area contributed by atoms with Crippen LogP contribution in [0.1, 0.15) is 5.69 Å². The predicted molar refractivity (Wildman–Crippen MR) is 74.5 cm³/mol. The lowest BCUT2D eigenvalue weighted by Gasteiger charge is -1.95. The van der Waals surface area contributed by atoms with Crippen LogP contribution in [0.2, 0.25) is 0 Å². The molecule has 18 heavy (non-hydrogen) atoms. The van der Waals surface area contributed by atoms with Gasteiger partial charge in [0.25, 0.3) is 0 Å². The monoisotopic (exact) mass is 315 g/mol. The Bertz CT molecular complexity index is 673. The van der Waals surface area contributed by atoms with Gasteiger partial charge in [0, 0.05) is 15.4 Å². The highest BCUT2D eigenvalue weighted by Crippen LogP contribution is 2.26. The van der Waals surface area contributed by atoms with Gasteiger partial charge in [0.15, 0.2) is 0 Å². The zero-order valence-corrected chi connectivity index (χ0v) is 11.5. The summed E-state index contributed by atoms with van der Waals surface area (Å²) in [6.45, 7) is 0. The van der Waals surface area contributed by atoms with Crippen LogP contribution >= 0.6 is 27.3 Å². The molecule has 0 aliphatic carbocycles. The zero-order valence-electron chi connectivity index (χ0n) is 9.09. The van der Waals surface area contributed by atoms with Crippen molar-refractivity contribution in [2.24, 2.45) is 0 Å². The van der Waals surface area contributed by atoms with Gasteiger partial charge >= 0.3 is 0 Å². The fraction of sp³-hybridized carbons (Fsp3) is 0. The van der Waals surface area contributed by atoms with E-state index in [1.807, 2.05) is 41.8 Å². The van der Waals surface area contributed by atoms with Gasteiger partial charge in [-0.15, -0.1) is 11.3 Å². The molecule has 1 aromatic carbocycles. The maximum absolute atomic E-state index is 8.68. The minimum Gasteiger partial charge on any atom is -0.237 e. The van der Waals surface area contributed by atoms with Crippen LogP contribution in [-0.2, 0) is 0 Å². The van der Waals surface area contributed by atoms with Crippen molar-refractivity contribution >= 4 is 33.3 Å². The van der Waals surface area contributed by atoms with Crippen LogP contribution in [-0.4, -0.2) is 4.98 Å². The van der Waals surface area contributed by atoms with Gasteiger partial charge in [-0.3, -0.25) is 0 Å². The van der Waals surface area contributed by atoms with E-state index in [4.69, 9.17) is 10.5 Å². The first-order valence-electron chi connectivity index (χ1n) is 4.96. The number of thiazole rings is 1. The SMILES string of the molecule is N#CC(C#N)=Cc1csc(-c2cccc(Br)c2)n1. The van der Waals surface area contributed by atoms with Crippen molar-refractivity contribution in [3.05, 3.63) is 45.4 Å². The second-order valence-corrected chi connectivity index (χ2v) is 5.14. The van der Waals surface area contributed by atoms with Crippen molar-refractivity contribution in [1.29, 1.82) is 10.5 Å². The van der Waals surface area contributed by atoms with Crippen LogP contribution in [0.4, 0.5) is 0 Å². The summed E-state index contributed by atoms with van der Waals surface area (Å²) in [5, 5.41) is 20.0. The van der Waals surface area contributed by atoms with Gasteiger partial charge in [-0.05, 0) is 18.2 Å². The van der Waals surface area contributed by atoms with E-state index in [1.54, 1.807) is 0 Å². The molecule has 0 radical (unpaired) electrons. The summed E-state index contributed by atoms with van der Waals surface area (Å²) in [5.74, 6) is 0. The Morgan fingerprint density at radius 3 is 2.78 bits per heavy atom. The molecule has 2 aromatic rings. The van der Waals surface area contributed by atoms with Crippen molar-refractivity contribution in [1.82, 2.24) is 4.98 Å². The van der Waals surface area contributed by atoms with E-state index in [0.29, 0.717) is 5.69 Å². The summed E-state index contributed by atoms with van der Waals surface area (Å²) >= 11 is 4.89. The molecule has 86 valence electrons. The Balaban J connectivity index is 2.35. The van der Waals surface area contributed by atoms with Crippen LogP contribution in [0, 0.1) is 22.7 Å². The lowest BCUT2D eigenvalue weighted by molar-refractivity contribution is 1.37. The quantitative estimate of drug-likeness (QED) is 0.787. The molecule has 0 aliphatic rings. The lowest BCUT2D eigenvalue weighted by atomic mass is 10.2. The molecule has 0 bridgehead atoms. The summed E-state index contributed by atoms with van der Waals surface area (Å²) < 4.78 is 0.988. The Kier molecular flexibility index (Phi) is 3.88. The largest absolute Gasteiger partial charge is 0.237 e. The zero-order chi connectivity index (χ0) is 13.0. The highest BCUT2D eigenvalue weighted by Gasteiger charge is 2.04. The average Bonchev–Trinajstić information content (AvgIpc) is 2.84. The highest BCUT2D eigenvalue weighted by atomic mass is 79.9. The number of halogens is 1. The first-order chi connectivity index (χ1) is 8.72. The molecule has 2 rings (SSSR count). The molecule has 0 N–H and O–H groups in total. The number of aromatic nitrogens is 1. The van der Waals surface area contributed by atoms with Crippen molar-refractivity contribution in [2.45, 2.75) is 0 Å². The number of benzene rings is 1. The standard InChI is InChI=1S/C13H6BrN3S/c14-11-3-1-2-10(5-11)13-17-12(8-18-13)4-9(6-15)7-16/h1-5,8H. The van der Waals surface area contributed by atoms with Gasteiger partial charge < -0.3 is 0 Å². The van der Waals surface area contributed by atoms with Crippen molar-refractivity contribution in [2.75, 3.05) is 0 Å². The normalized spacial score (nSPS) is 9.28. The molecule has 1 aromatic heterocycles. The molecule has 1 heterocycles. The average molecular weight is 316 g/mol. The molecular weight excluding hydrogens is 310 g/mol. The van der Waals surface area contributed by atoms with E-state index in [2.05, 4.69) is 20.9 Å². The van der Waals surface area contributed by atoms with Crippen molar-refractivity contribution < 1.29 is 0 Å². The Hall–Kier alpha value is -1.95. The number of nitrogens with zero attached hydrogens (tertiary/aromatic N) is 3. The van der Waals surface area contributed by atoms with E-state index < -0.39 is 0 Å².